The summed E-state index contributed by atoms with van der Waals surface area (Å²) in [5.74, 6) is 0. The number of rotatable bonds is 5. The van der Waals surface area contributed by atoms with E-state index in [1.54, 1.807) is 24.2 Å². The molecule has 0 spiro atoms. The number of unbranched alkanes of at least 4 members (excludes halogenated alkanes) is 1. The van der Waals surface area contributed by atoms with Crippen molar-refractivity contribution in [3.63, 3.8) is 0 Å². The molecule has 1 aromatic heterocycles. The topological polar surface area (TPSA) is 50.8 Å². The highest BCUT2D eigenvalue weighted by molar-refractivity contribution is 5.21. The van der Waals surface area contributed by atoms with Gasteiger partial charge in [-0.3, -0.25) is 4.68 Å². The lowest BCUT2D eigenvalue weighted by molar-refractivity contribution is 0.191. The Kier molecular flexibility index (Phi) is 4.00. The van der Waals surface area contributed by atoms with Crippen molar-refractivity contribution in [1.82, 2.24) is 9.78 Å². The second-order valence-corrected chi connectivity index (χ2v) is 2.80. The van der Waals surface area contributed by atoms with E-state index in [4.69, 9.17) is 10.00 Å². The standard InChI is InChI=1S/C9H13N3O/c1-13-5-3-2-4-12-8-9(6-10)7-11-12/h7-8H,2-5H2,1H3. The fourth-order valence-electron chi connectivity index (χ4n) is 1.06. The van der Waals surface area contributed by atoms with E-state index in [2.05, 4.69) is 5.10 Å². The van der Waals surface area contributed by atoms with Crippen LogP contribution in [0.2, 0.25) is 0 Å². The van der Waals surface area contributed by atoms with Crippen LogP contribution < -0.4 is 0 Å². The number of nitriles is 1. The van der Waals surface area contributed by atoms with Gasteiger partial charge in [-0.2, -0.15) is 10.4 Å². The van der Waals surface area contributed by atoms with Crippen LogP contribution in [0.5, 0.6) is 0 Å². The van der Waals surface area contributed by atoms with Crippen LogP contribution in [-0.2, 0) is 11.3 Å². The molecule has 0 atom stereocenters. The summed E-state index contributed by atoms with van der Waals surface area (Å²) in [5, 5.41) is 12.6. The van der Waals surface area contributed by atoms with E-state index in [0.717, 1.165) is 26.0 Å². The molecule has 1 rings (SSSR count). The predicted molar refractivity (Wildman–Crippen MR) is 48.1 cm³/mol. The van der Waals surface area contributed by atoms with Crippen LogP contribution in [-0.4, -0.2) is 23.5 Å². The Morgan fingerprint density at radius 3 is 3.08 bits per heavy atom. The van der Waals surface area contributed by atoms with Gasteiger partial charge in [0, 0.05) is 26.5 Å². The van der Waals surface area contributed by atoms with Gasteiger partial charge in [-0.05, 0) is 12.8 Å². The zero-order valence-electron chi connectivity index (χ0n) is 7.73. The molecule has 0 radical (unpaired) electrons. The first-order chi connectivity index (χ1) is 6.36. The molecule has 0 aliphatic rings. The Morgan fingerprint density at radius 1 is 1.62 bits per heavy atom. The zero-order chi connectivity index (χ0) is 9.52. The third-order valence-electron chi connectivity index (χ3n) is 1.75. The molecule has 4 nitrogen and oxygen atoms in total. The summed E-state index contributed by atoms with van der Waals surface area (Å²) in [7, 11) is 1.70. The first-order valence-corrected chi connectivity index (χ1v) is 4.28. The lowest BCUT2D eigenvalue weighted by atomic mass is 10.3. The minimum Gasteiger partial charge on any atom is -0.385 e. The van der Waals surface area contributed by atoms with Gasteiger partial charge in [0.15, 0.2) is 0 Å². The Hall–Kier alpha value is -1.34. The number of hydrogen-bond acceptors (Lipinski definition) is 3. The molecule has 0 aliphatic heterocycles. The minimum absolute atomic E-state index is 0.617. The van der Waals surface area contributed by atoms with E-state index in [1.807, 2.05) is 6.07 Å². The van der Waals surface area contributed by atoms with E-state index in [-0.39, 0.29) is 0 Å². The van der Waals surface area contributed by atoms with Crippen LogP contribution in [0.25, 0.3) is 0 Å². The van der Waals surface area contributed by atoms with Gasteiger partial charge < -0.3 is 4.74 Å². The number of methoxy groups -OCH3 is 1. The van der Waals surface area contributed by atoms with Gasteiger partial charge in [0.05, 0.1) is 11.8 Å². The van der Waals surface area contributed by atoms with Crippen LogP contribution in [0, 0.1) is 11.3 Å². The summed E-state index contributed by atoms with van der Waals surface area (Å²) in [6, 6.07) is 2.04. The second-order valence-electron chi connectivity index (χ2n) is 2.80. The van der Waals surface area contributed by atoms with Crippen LogP contribution >= 0.6 is 0 Å². The third-order valence-corrected chi connectivity index (χ3v) is 1.75. The molecule has 0 bridgehead atoms. The summed E-state index contributed by atoms with van der Waals surface area (Å²) in [5.41, 5.74) is 0.617. The maximum Gasteiger partial charge on any atom is 0.102 e. The minimum atomic E-state index is 0.617. The highest BCUT2D eigenvalue weighted by Crippen LogP contribution is 1.98. The van der Waals surface area contributed by atoms with Crippen molar-refractivity contribution >= 4 is 0 Å². The zero-order valence-corrected chi connectivity index (χ0v) is 7.73. The van der Waals surface area contributed by atoms with Crippen LogP contribution in [0.3, 0.4) is 0 Å². The molecule has 0 N–H and O–H groups in total. The Labute approximate surface area is 77.7 Å². The van der Waals surface area contributed by atoms with E-state index >= 15 is 0 Å². The molecule has 1 aromatic rings. The number of hydrogen-bond donors (Lipinski definition) is 0. The van der Waals surface area contributed by atoms with Gasteiger partial charge in [0.2, 0.25) is 0 Å². The van der Waals surface area contributed by atoms with Crippen molar-refractivity contribution < 1.29 is 4.74 Å². The molecule has 0 fully saturated rings. The molecule has 13 heavy (non-hydrogen) atoms. The fourth-order valence-corrected chi connectivity index (χ4v) is 1.06. The summed E-state index contributed by atoms with van der Waals surface area (Å²) in [6.07, 6.45) is 5.39. The fraction of sp³-hybridized carbons (Fsp3) is 0.556. The Balaban J connectivity index is 2.25. The van der Waals surface area contributed by atoms with Crippen LogP contribution in [0.15, 0.2) is 12.4 Å². The molecule has 0 unspecified atom stereocenters. The second kappa shape index (κ2) is 5.33. The average Bonchev–Trinajstić information content (AvgIpc) is 2.60. The molecule has 1 heterocycles. The van der Waals surface area contributed by atoms with Gasteiger partial charge >= 0.3 is 0 Å². The number of aromatic nitrogens is 2. The predicted octanol–water partition coefficient (Wildman–Crippen LogP) is 1.18. The first-order valence-electron chi connectivity index (χ1n) is 4.28. The van der Waals surface area contributed by atoms with Gasteiger partial charge in [0.25, 0.3) is 0 Å². The van der Waals surface area contributed by atoms with Gasteiger partial charge in [-0.1, -0.05) is 0 Å². The highest BCUT2D eigenvalue weighted by atomic mass is 16.5. The third kappa shape index (κ3) is 3.26. The molecule has 0 saturated carbocycles. The summed E-state index contributed by atoms with van der Waals surface area (Å²) in [4.78, 5) is 0. The van der Waals surface area contributed by atoms with E-state index < -0.39 is 0 Å². The van der Waals surface area contributed by atoms with Crippen LogP contribution in [0.4, 0.5) is 0 Å². The van der Waals surface area contributed by atoms with Crippen molar-refractivity contribution in [3.05, 3.63) is 18.0 Å². The van der Waals surface area contributed by atoms with Gasteiger partial charge in [0.1, 0.15) is 6.07 Å². The maximum absolute atomic E-state index is 8.54. The summed E-state index contributed by atoms with van der Waals surface area (Å²) >= 11 is 0. The van der Waals surface area contributed by atoms with Crippen molar-refractivity contribution in [2.45, 2.75) is 19.4 Å². The van der Waals surface area contributed by atoms with Crippen LogP contribution in [0.1, 0.15) is 18.4 Å². The average molecular weight is 179 g/mol. The highest BCUT2D eigenvalue weighted by Gasteiger charge is 1.95. The normalized spacial score (nSPS) is 9.85. The lowest BCUT2D eigenvalue weighted by Crippen LogP contribution is -1.99. The number of aryl methyl sites for hydroxylation is 1. The van der Waals surface area contributed by atoms with Crippen molar-refractivity contribution in [2.75, 3.05) is 13.7 Å². The monoisotopic (exact) mass is 179 g/mol. The maximum atomic E-state index is 8.54. The van der Waals surface area contributed by atoms with E-state index in [0.29, 0.717) is 5.56 Å². The molecule has 0 saturated heterocycles. The molecular formula is C9H13N3O. The quantitative estimate of drug-likeness (QED) is 0.638. The van der Waals surface area contributed by atoms with Gasteiger partial charge in [-0.25, -0.2) is 0 Å². The number of ether oxygens (including phenoxy) is 1. The Bertz CT molecular complexity index is 287. The molecule has 4 heteroatoms. The smallest absolute Gasteiger partial charge is 0.102 e. The largest absolute Gasteiger partial charge is 0.385 e. The van der Waals surface area contributed by atoms with Crippen molar-refractivity contribution in [1.29, 1.82) is 5.26 Å². The molecule has 0 aliphatic carbocycles. The summed E-state index contributed by atoms with van der Waals surface area (Å²) < 4.78 is 6.71. The lowest BCUT2D eigenvalue weighted by Gasteiger charge is -1.99. The summed E-state index contributed by atoms with van der Waals surface area (Å²) in [6.45, 7) is 1.64. The van der Waals surface area contributed by atoms with Crippen molar-refractivity contribution in [2.24, 2.45) is 0 Å². The van der Waals surface area contributed by atoms with Crippen molar-refractivity contribution in [3.8, 4) is 6.07 Å². The molecule has 70 valence electrons. The van der Waals surface area contributed by atoms with E-state index in [1.165, 1.54) is 0 Å². The van der Waals surface area contributed by atoms with Gasteiger partial charge in [-0.15, -0.1) is 0 Å². The number of nitrogens with zero attached hydrogens (tertiary/aromatic N) is 3. The molecule has 0 aromatic carbocycles. The molecular weight excluding hydrogens is 166 g/mol. The Morgan fingerprint density at radius 2 is 2.46 bits per heavy atom. The molecule has 0 amide bonds. The SMILES string of the molecule is COCCCCn1cc(C#N)cn1. The first kappa shape index (κ1) is 9.75. The van der Waals surface area contributed by atoms with E-state index in [9.17, 15) is 0 Å².